The SMILES string of the molecule is CC(C)NC(=O)c1cc2c(N3CCC[C@@H](N)C3)ccnc2n2c1nc1ccccc12.CCNC(=O)c1cc2c(N3CCC[C@@H](N)C3)ccnc2n2c1nc1ccc(F)cc12.CNC(=O)c1cc2c(N3CCC[C@@H](N)C3)ccnc2n2c1nc1ccc(F)cc12.Cc1cc(N2CCC[C@@H](N)C2)c2cc(C#N)c3nc4ccccc4n3c2n1.N#Cc1cc2c(N3CCC[C@@H](N)C3)ccnc2n2c1nc1ccc(F)cc12. The number of carbonyl (C=O) groups is 3. The molecular formula is C107H107F3N30O3. The minimum atomic E-state index is -0.365. The molecule has 36 heteroatoms. The normalized spacial score (nSPS) is 17.4. The summed E-state index contributed by atoms with van der Waals surface area (Å²) in [4.78, 5) is 96.5. The average Bonchev–Trinajstić information content (AvgIpc) is 1.62. The molecule has 5 aliphatic rings. The van der Waals surface area contributed by atoms with Gasteiger partial charge in [0.1, 0.15) is 57.8 Å². The van der Waals surface area contributed by atoms with Crippen LogP contribution >= 0.6 is 0 Å². The number of nitrogens with two attached hydrogens (primary N) is 5. The van der Waals surface area contributed by atoms with Crippen molar-refractivity contribution >= 4 is 185 Å². The van der Waals surface area contributed by atoms with E-state index in [9.17, 15) is 38.1 Å². The molecule has 5 aromatic carbocycles. The second-order valence-electron chi connectivity index (χ2n) is 37.8. The third kappa shape index (κ3) is 17.5. The largest absolute Gasteiger partial charge is 0.369 e. The van der Waals surface area contributed by atoms with Crippen LogP contribution in [0.25, 0.3) is 139 Å². The fourth-order valence-corrected chi connectivity index (χ4v) is 21.2. The lowest BCUT2D eigenvalue weighted by Gasteiger charge is -2.33. The Kier molecular flexibility index (Phi) is 25.3. The Morgan fingerprint density at radius 3 is 1.03 bits per heavy atom. The molecule has 5 atom stereocenters. The van der Waals surface area contributed by atoms with Gasteiger partial charge in [-0.05, 0) is 213 Å². The number of benzene rings is 5. The molecule has 13 N–H and O–H groups in total. The van der Waals surface area contributed by atoms with Crippen molar-refractivity contribution in [1.29, 1.82) is 10.5 Å². The number of hydrogen-bond donors (Lipinski definition) is 8. The molecule has 0 radical (unpaired) electrons. The number of anilines is 5. The third-order valence-electron chi connectivity index (χ3n) is 27.6. The minimum absolute atomic E-state index is 0.0334. The maximum atomic E-state index is 14.1. The van der Waals surface area contributed by atoms with Crippen molar-refractivity contribution in [2.75, 3.05) is 104 Å². The number of imidazole rings is 5. The number of para-hydroxylation sites is 4. The molecule has 0 aliphatic carbocycles. The van der Waals surface area contributed by atoms with E-state index in [1.54, 1.807) is 57.0 Å². The van der Waals surface area contributed by atoms with Gasteiger partial charge in [0.25, 0.3) is 17.7 Å². The van der Waals surface area contributed by atoms with Gasteiger partial charge < -0.3 is 69.1 Å². The predicted molar refractivity (Wildman–Crippen MR) is 555 cm³/mol. The first-order valence-electron chi connectivity index (χ1n) is 48.7. The quantitative estimate of drug-likeness (QED) is 0.0630. The van der Waals surface area contributed by atoms with Crippen molar-refractivity contribution in [2.24, 2.45) is 28.7 Å². The second kappa shape index (κ2) is 38.8. The van der Waals surface area contributed by atoms with E-state index in [1.807, 2.05) is 146 Å². The Hall–Kier alpha value is -16.1. The minimum Gasteiger partial charge on any atom is -0.369 e. The number of pyridine rings is 10. The molecule has 0 bridgehead atoms. The van der Waals surface area contributed by atoms with Crippen LogP contribution < -0.4 is 69.1 Å². The fraction of sp³-hybridized carbons (Fsp3) is 0.299. The lowest BCUT2D eigenvalue weighted by molar-refractivity contribution is 0.0939. The van der Waals surface area contributed by atoms with Crippen LogP contribution in [0.5, 0.6) is 0 Å². The number of fused-ring (bicyclic) bond motifs is 25. The number of amides is 3. The van der Waals surface area contributed by atoms with Crippen LogP contribution in [0.3, 0.4) is 0 Å². The molecule has 143 heavy (non-hydrogen) atoms. The van der Waals surface area contributed by atoms with E-state index in [0.717, 1.165) is 224 Å². The molecule has 5 saturated heterocycles. The highest BCUT2D eigenvalue weighted by molar-refractivity contribution is 6.11. The topological polar surface area (TPSA) is 432 Å². The third-order valence-corrected chi connectivity index (χ3v) is 27.6. The number of nitrogens with zero attached hydrogens (tertiary/aromatic N) is 22. The molecule has 33 nitrogen and oxygen atoms in total. The van der Waals surface area contributed by atoms with Gasteiger partial charge in [-0.25, -0.2) is 63.0 Å². The van der Waals surface area contributed by atoms with E-state index in [2.05, 4.69) is 93.5 Å². The first kappa shape index (κ1) is 93.2. The Morgan fingerprint density at radius 2 is 0.678 bits per heavy atom. The Balaban J connectivity index is 0.000000106. The summed E-state index contributed by atoms with van der Waals surface area (Å²) in [7, 11) is 1.58. The van der Waals surface area contributed by atoms with Gasteiger partial charge in [-0.1, -0.05) is 24.3 Å². The zero-order valence-electron chi connectivity index (χ0n) is 79.8. The van der Waals surface area contributed by atoms with Gasteiger partial charge in [0.15, 0.2) is 28.2 Å². The summed E-state index contributed by atoms with van der Waals surface area (Å²) < 4.78 is 51.3. The first-order valence-corrected chi connectivity index (χ1v) is 48.7. The summed E-state index contributed by atoms with van der Waals surface area (Å²) in [6.45, 7) is 16.8. The average molecular weight is 1920 g/mol. The monoisotopic (exact) mass is 1920 g/mol. The summed E-state index contributed by atoms with van der Waals surface area (Å²) in [5, 5.41) is 32.4. The number of rotatable bonds is 10. The van der Waals surface area contributed by atoms with E-state index in [0.29, 0.717) is 113 Å². The van der Waals surface area contributed by atoms with Gasteiger partial charge in [0, 0.05) is 219 Å². The molecule has 20 heterocycles. The molecule has 0 unspecified atom stereocenters. The number of halogens is 3. The van der Waals surface area contributed by atoms with Crippen molar-refractivity contribution in [3.05, 3.63) is 240 Å². The van der Waals surface area contributed by atoms with Gasteiger partial charge in [-0.2, -0.15) is 10.5 Å². The van der Waals surface area contributed by atoms with Crippen LogP contribution in [0, 0.1) is 47.0 Å². The van der Waals surface area contributed by atoms with Crippen LogP contribution in [-0.4, -0.2) is 205 Å². The molecule has 20 aromatic rings. The van der Waals surface area contributed by atoms with Crippen LogP contribution in [0.15, 0.2) is 189 Å². The van der Waals surface area contributed by atoms with Gasteiger partial charge in [-0.15, -0.1) is 0 Å². The number of nitrogens with one attached hydrogen (secondary N) is 3. The molecule has 0 spiro atoms. The summed E-state index contributed by atoms with van der Waals surface area (Å²) in [6, 6.07) is 53.7. The van der Waals surface area contributed by atoms with Gasteiger partial charge in [0.05, 0.1) is 83.0 Å². The van der Waals surface area contributed by atoms with Crippen LogP contribution in [-0.2, 0) is 0 Å². The molecule has 724 valence electrons. The molecule has 15 aromatic heterocycles. The summed E-state index contributed by atoms with van der Waals surface area (Å²) in [5.74, 6) is -1.67. The van der Waals surface area contributed by atoms with Gasteiger partial charge in [-0.3, -0.25) is 36.4 Å². The molecular weight excluding hydrogens is 1810 g/mol. The highest BCUT2D eigenvalue weighted by Gasteiger charge is 2.32. The molecule has 5 aliphatic heterocycles. The van der Waals surface area contributed by atoms with Gasteiger partial charge >= 0.3 is 0 Å². The highest BCUT2D eigenvalue weighted by Crippen LogP contribution is 2.41. The number of aryl methyl sites for hydroxylation is 1. The van der Waals surface area contributed by atoms with E-state index >= 15 is 0 Å². The number of piperidine rings is 5. The maximum Gasteiger partial charge on any atom is 0.255 e. The fourth-order valence-electron chi connectivity index (χ4n) is 21.2. The number of nitriles is 2. The lowest BCUT2D eigenvalue weighted by Crippen LogP contribution is -2.43. The number of hydrogen-bond acceptors (Lipinski definition) is 25. The summed E-state index contributed by atoms with van der Waals surface area (Å²) in [5.41, 5.74) is 53.0. The van der Waals surface area contributed by atoms with Crippen molar-refractivity contribution in [2.45, 2.75) is 128 Å². The Labute approximate surface area is 818 Å². The Bertz CT molecular complexity index is 8550. The van der Waals surface area contributed by atoms with Crippen LogP contribution in [0.1, 0.15) is 133 Å². The predicted octanol–water partition coefficient (Wildman–Crippen LogP) is 14.5. The second-order valence-corrected chi connectivity index (χ2v) is 37.8. The zero-order chi connectivity index (χ0) is 98.9. The zero-order valence-corrected chi connectivity index (χ0v) is 79.8. The van der Waals surface area contributed by atoms with Crippen LogP contribution in [0.4, 0.5) is 41.6 Å². The number of carbonyl (C=O) groups excluding carboxylic acids is 3. The molecule has 0 saturated carbocycles. The van der Waals surface area contributed by atoms with Crippen molar-refractivity contribution < 1.29 is 27.6 Å². The highest BCUT2D eigenvalue weighted by atomic mass is 19.1. The standard InChI is InChI=1S/C23H26N6O.C22H23FN6O.C21H21FN6O.C21H20N6.C20H17FN6/c1-14(2)26-23(30)17-12-16-19(28-11-5-6-15(24)13-28)9-10-25-21(16)29-20-8-4-3-7-18(20)27-22(17)29;1-2-25-22(30)16-11-15-18(28-9-3-4-14(24)12-28)7-8-26-20(15)29-19-10-13(23)5-6-17(19)27-21(16)29;1-24-21(29)15-10-14-17(27-8-2-3-13(23)11-27)6-7-25-19(14)28-18-9-12(22)4-5-16(18)26-20(15)28;1-13-9-19(26-8-4-5-15(23)12-26)16-10-14(11-22)20-25-17-6-2-3-7-18(17)27(20)21(16)24-13;21-13-3-4-16-18(9-13)27-19(25-16)12(10-22)8-15-17(5-6-24-20(15)27)26-7-1-2-14(23)11-26/h3-4,7-10,12,14-15H,5-6,11,13,24H2,1-2H3,(H,26,30);5-8,10-11,14H,2-4,9,12,24H2,1H3,(H,25,30);4-7,9-10,13H,2-3,8,11,23H2,1H3,(H,24,29);2-3,6-7,9-10,15H,4-5,8,12,23H2,1H3;3-6,8-9,14H,1-2,7,11,23H2/t15-;14-;13-;15-;14-/m11111/s1. The summed E-state index contributed by atoms with van der Waals surface area (Å²) in [6.07, 6.45) is 17.3. The van der Waals surface area contributed by atoms with E-state index in [-0.39, 0.29) is 71.4 Å². The molecule has 5 fully saturated rings. The molecule has 25 rings (SSSR count). The number of aromatic nitrogens is 15. The van der Waals surface area contributed by atoms with Crippen molar-refractivity contribution in [3.63, 3.8) is 0 Å². The van der Waals surface area contributed by atoms with Gasteiger partial charge in [0.2, 0.25) is 0 Å². The maximum absolute atomic E-state index is 14.1. The van der Waals surface area contributed by atoms with Crippen molar-refractivity contribution in [1.82, 2.24) is 87.8 Å². The van der Waals surface area contributed by atoms with E-state index < -0.39 is 0 Å². The first-order chi connectivity index (χ1) is 69.5. The van der Waals surface area contributed by atoms with Crippen molar-refractivity contribution in [3.8, 4) is 12.1 Å². The van der Waals surface area contributed by atoms with Crippen LogP contribution in [0.2, 0.25) is 0 Å². The van der Waals surface area contributed by atoms with E-state index in [1.165, 1.54) is 36.4 Å². The smallest absolute Gasteiger partial charge is 0.255 e. The molecule has 3 amide bonds. The Morgan fingerprint density at radius 1 is 0.371 bits per heavy atom. The summed E-state index contributed by atoms with van der Waals surface area (Å²) >= 11 is 0. The van der Waals surface area contributed by atoms with E-state index in [4.69, 9.17) is 43.6 Å². The lowest BCUT2D eigenvalue weighted by atomic mass is 10.0.